The Morgan fingerprint density at radius 2 is 1.75 bits per heavy atom. The van der Waals surface area contributed by atoms with E-state index in [1.807, 2.05) is 0 Å². The van der Waals surface area contributed by atoms with Crippen LogP contribution >= 0.6 is 0 Å². The number of amides is 1. The van der Waals surface area contributed by atoms with E-state index in [1.54, 1.807) is 27.7 Å². The minimum absolute atomic E-state index is 0.149. The smallest absolute Gasteiger partial charge is 0.444 e. The van der Waals surface area contributed by atoms with E-state index in [2.05, 4.69) is 28.0 Å². The lowest BCUT2D eigenvalue weighted by atomic mass is 9.91. The summed E-state index contributed by atoms with van der Waals surface area (Å²) in [6, 6.07) is 4.99. The fourth-order valence-corrected chi connectivity index (χ4v) is 2.94. The van der Waals surface area contributed by atoms with Gasteiger partial charge in [-0.1, -0.05) is 6.58 Å². The van der Waals surface area contributed by atoms with Crippen LogP contribution in [0.2, 0.25) is 0 Å². The maximum absolute atomic E-state index is 12.3. The van der Waals surface area contributed by atoms with Gasteiger partial charge in [0, 0.05) is 30.3 Å². The Balaban J connectivity index is 2.22. The number of likely N-dealkylation sites (tertiary alicyclic amines) is 1. The number of carbonyl (C=O) groups excluding carboxylic acids is 1. The number of hydrogen-bond acceptors (Lipinski definition) is 5. The van der Waals surface area contributed by atoms with Crippen LogP contribution in [-0.4, -0.2) is 48.6 Å². The number of hydrogen-bond donors (Lipinski definition) is 1. The second kappa shape index (κ2) is 9.46. The van der Waals surface area contributed by atoms with Crippen molar-refractivity contribution in [2.45, 2.75) is 39.7 Å². The summed E-state index contributed by atoms with van der Waals surface area (Å²) in [6.45, 7) is 15.3. The Hall–Kier alpha value is -3.30. The lowest BCUT2D eigenvalue weighted by Gasteiger charge is -2.40. The highest BCUT2D eigenvalue weighted by molar-refractivity contribution is 6.06. The second-order valence-corrected chi connectivity index (χ2v) is 8.33. The van der Waals surface area contributed by atoms with Gasteiger partial charge < -0.3 is 20.1 Å². The van der Waals surface area contributed by atoms with Crippen molar-refractivity contribution in [3.63, 3.8) is 0 Å². The fraction of sp³-hybridized carbons (Fsp3) is 0.409. The molecule has 0 radical (unpaired) electrons. The fourth-order valence-electron chi connectivity index (χ4n) is 2.94. The molecule has 10 heteroatoms. The summed E-state index contributed by atoms with van der Waals surface area (Å²) >= 11 is 0. The Labute approximate surface area is 185 Å². The molecule has 32 heavy (non-hydrogen) atoms. The molecule has 1 fully saturated rings. The standard InChI is InChI=1S/C22H27F3N4O3/c1-13(2)17(18(26)14-11-29(12-14)20(30)32-21(3,4)5)19(27-6)28-15-7-9-16(10-8-15)31-22(23,24)25/h7-10,14H,1,6,11-12,26H2,2-5H3/b18-17-,28-19?. The van der Waals surface area contributed by atoms with Crippen LogP contribution in [0.3, 0.4) is 0 Å². The minimum atomic E-state index is -4.78. The number of aliphatic imine (C=N–C) groups is 2. The Morgan fingerprint density at radius 3 is 2.19 bits per heavy atom. The van der Waals surface area contributed by atoms with E-state index < -0.39 is 18.1 Å². The molecule has 174 valence electrons. The molecule has 1 heterocycles. The van der Waals surface area contributed by atoms with Gasteiger partial charge in [0.1, 0.15) is 11.4 Å². The molecule has 0 bridgehead atoms. The van der Waals surface area contributed by atoms with E-state index in [1.165, 1.54) is 17.0 Å². The van der Waals surface area contributed by atoms with Gasteiger partial charge in [-0.25, -0.2) is 14.8 Å². The summed E-state index contributed by atoms with van der Waals surface area (Å²) in [6.07, 6.45) is -5.20. The zero-order chi connectivity index (χ0) is 24.3. The predicted octanol–water partition coefficient (Wildman–Crippen LogP) is 4.97. The lowest BCUT2D eigenvalue weighted by molar-refractivity contribution is -0.274. The van der Waals surface area contributed by atoms with Gasteiger partial charge >= 0.3 is 12.5 Å². The molecule has 1 aromatic carbocycles. The molecular formula is C22H27F3N4O3. The number of nitrogens with zero attached hydrogens (tertiary/aromatic N) is 3. The number of carbonyl (C=O) groups is 1. The molecule has 0 aliphatic carbocycles. The van der Waals surface area contributed by atoms with Crippen molar-refractivity contribution in [1.29, 1.82) is 0 Å². The molecule has 0 saturated carbocycles. The molecule has 1 amide bonds. The van der Waals surface area contributed by atoms with Crippen LogP contribution in [0.25, 0.3) is 0 Å². The van der Waals surface area contributed by atoms with E-state index in [0.29, 0.717) is 35.6 Å². The average molecular weight is 452 g/mol. The molecule has 1 aromatic rings. The van der Waals surface area contributed by atoms with Crippen LogP contribution in [0.5, 0.6) is 5.75 Å². The van der Waals surface area contributed by atoms with Crippen LogP contribution in [0, 0.1) is 5.92 Å². The largest absolute Gasteiger partial charge is 0.573 e. The Bertz CT molecular complexity index is 939. The third kappa shape index (κ3) is 6.86. The van der Waals surface area contributed by atoms with Crippen LogP contribution in [0.15, 0.2) is 57.7 Å². The summed E-state index contributed by atoms with van der Waals surface area (Å²) in [4.78, 5) is 22.0. The van der Waals surface area contributed by atoms with Crippen molar-refractivity contribution >= 4 is 24.3 Å². The van der Waals surface area contributed by atoms with Crippen molar-refractivity contribution in [3.05, 3.63) is 47.7 Å². The van der Waals surface area contributed by atoms with E-state index in [4.69, 9.17) is 10.5 Å². The number of ether oxygens (including phenoxy) is 2. The number of benzene rings is 1. The molecule has 0 spiro atoms. The van der Waals surface area contributed by atoms with Gasteiger partial charge in [0.05, 0.1) is 5.69 Å². The van der Waals surface area contributed by atoms with Gasteiger partial charge in [-0.05, 0) is 64.3 Å². The third-order valence-electron chi connectivity index (χ3n) is 4.37. The first-order chi connectivity index (χ1) is 14.7. The van der Waals surface area contributed by atoms with Crippen molar-refractivity contribution < 1.29 is 27.4 Å². The second-order valence-electron chi connectivity index (χ2n) is 8.33. The number of amidine groups is 1. The average Bonchev–Trinajstić information content (AvgIpc) is 2.58. The lowest BCUT2D eigenvalue weighted by Crippen LogP contribution is -2.53. The van der Waals surface area contributed by atoms with Crippen molar-refractivity contribution in [2.75, 3.05) is 13.1 Å². The van der Waals surface area contributed by atoms with Gasteiger partial charge in [0.25, 0.3) is 0 Å². The molecule has 0 unspecified atom stereocenters. The first kappa shape index (κ1) is 25.0. The van der Waals surface area contributed by atoms with E-state index >= 15 is 0 Å². The summed E-state index contributed by atoms with van der Waals surface area (Å²) in [5.41, 5.74) is 7.60. The molecule has 0 aromatic heterocycles. The van der Waals surface area contributed by atoms with Crippen LogP contribution in [0.1, 0.15) is 27.7 Å². The topological polar surface area (TPSA) is 89.5 Å². The van der Waals surface area contributed by atoms with Gasteiger partial charge in [-0.2, -0.15) is 0 Å². The Kier molecular flexibility index (Phi) is 7.38. The molecule has 7 nitrogen and oxygen atoms in total. The SMILES string of the molecule is C=NC(=Nc1ccc(OC(F)(F)F)cc1)/C(C(=C)C)=C(\N)C1CN(C(=O)OC(C)(C)C)C1. The maximum Gasteiger partial charge on any atom is 0.573 e. The summed E-state index contributed by atoms with van der Waals surface area (Å²) in [5, 5.41) is 0. The molecule has 1 aliphatic heterocycles. The quantitative estimate of drug-likeness (QED) is 0.388. The molecule has 2 rings (SSSR count). The van der Waals surface area contributed by atoms with E-state index in [0.717, 1.165) is 12.1 Å². The molecule has 1 aliphatic rings. The highest BCUT2D eigenvalue weighted by Gasteiger charge is 2.36. The van der Waals surface area contributed by atoms with Gasteiger partial charge in [0.15, 0.2) is 5.84 Å². The first-order valence-corrected chi connectivity index (χ1v) is 9.75. The normalized spacial score (nSPS) is 16.1. The first-order valence-electron chi connectivity index (χ1n) is 9.75. The zero-order valence-corrected chi connectivity index (χ0v) is 18.5. The van der Waals surface area contributed by atoms with Gasteiger partial charge in [-0.3, -0.25) is 0 Å². The van der Waals surface area contributed by atoms with Crippen LogP contribution in [-0.2, 0) is 4.74 Å². The molecule has 1 saturated heterocycles. The number of alkyl halides is 3. The van der Waals surface area contributed by atoms with Crippen molar-refractivity contribution in [2.24, 2.45) is 21.6 Å². The number of halogens is 3. The highest BCUT2D eigenvalue weighted by atomic mass is 19.4. The number of nitrogens with two attached hydrogens (primary N) is 1. The summed E-state index contributed by atoms with van der Waals surface area (Å²) in [5.74, 6) is -0.338. The highest BCUT2D eigenvalue weighted by Crippen LogP contribution is 2.29. The van der Waals surface area contributed by atoms with E-state index in [-0.39, 0.29) is 17.5 Å². The predicted molar refractivity (Wildman–Crippen MR) is 117 cm³/mol. The zero-order valence-electron chi connectivity index (χ0n) is 18.5. The summed E-state index contributed by atoms with van der Waals surface area (Å²) < 4.78 is 46.2. The van der Waals surface area contributed by atoms with Crippen LogP contribution < -0.4 is 10.5 Å². The summed E-state index contributed by atoms with van der Waals surface area (Å²) in [7, 11) is 0. The van der Waals surface area contributed by atoms with Crippen molar-refractivity contribution in [1.82, 2.24) is 4.90 Å². The van der Waals surface area contributed by atoms with Crippen LogP contribution in [0.4, 0.5) is 23.7 Å². The third-order valence-corrected chi connectivity index (χ3v) is 4.37. The molecule has 2 N–H and O–H groups in total. The van der Waals surface area contributed by atoms with Gasteiger partial charge in [0.2, 0.25) is 0 Å². The minimum Gasteiger partial charge on any atom is -0.444 e. The maximum atomic E-state index is 12.3. The number of rotatable bonds is 5. The van der Waals surface area contributed by atoms with Gasteiger partial charge in [-0.15, -0.1) is 13.2 Å². The van der Waals surface area contributed by atoms with E-state index in [9.17, 15) is 18.0 Å². The molecule has 0 atom stereocenters. The molecular weight excluding hydrogens is 425 g/mol. The van der Waals surface area contributed by atoms with Crippen molar-refractivity contribution in [3.8, 4) is 5.75 Å². The monoisotopic (exact) mass is 452 g/mol. The Morgan fingerprint density at radius 1 is 1.19 bits per heavy atom.